The highest BCUT2D eigenvalue weighted by Crippen LogP contribution is 2.33. The van der Waals surface area contributed by atoms with Crippen LogP contribution in [-0.4, -0.2) is 27.4 Å². The molecule has 0 radical (unpaired) electrons. The Labute approximate surface area is 208 Å². The van der Waals surface area contributed by atoms with Crippen LogP contribution in [0, 0.1) is 0 Å². The van der Waals surface area contributed by atoms with E-state index in [1.807, 2.05) is 78.9 Å². The van der Waals surface area contributed by atoms with Gasteiger partial charge < -0.3 is 20.5 Å². The van der Waals surface area contributed by atoms with E-state index in [1.165, 1.54) is 0 Å². The molecule has 0 aliphatic carbocycles. The van der Waals surface area contributed by atoms with Crippen LogP contribution in [0.3, 0.4) is 0 Å². The second-order valence-corrected chi connectivity index (χ2v) is 8.15. The Bertz CT molecular complexity index is 1510. The van der Waals surface area contributed by atoms with Crippen LogP contribution in [0.2, 0.25) is 0 Å². The van der Waals surface area contributed by atoms with Gasteiger partial charge in [0, 0.05) is 12.0 Å². The zero-order valence-electron chi connectivity index (χ0n) is 19.7. The third-order valence-electron chi connectivity index (χ3n) is 5.69. The first-order chi connectivity index (χ1) is 17.6. The topological polar surface area (TPSA) is 104 Å². The summed E-state index contributed by atoms with van der Waals surface area (Å²) in [4.78, 5) is 21.9. The Morgan fingerprint density at radius 3 is 2.61 bits per heavy atom. The largest absolute Gasteiger partial charge is 0.496 e. The van der Waals surface area contributed by atoms with E-state index >= 15 is 0 Å². The summed E-state index contributed by atoms with van der Waals surface area (Å²) in [5.74, 6) is 2.82. The molecule has 3 N–H and O–H groups in total. The Balaban J connectivity index is 1.44. The highest BCUT2D eigenvalue weighted by Gasteiger charge is 2.18. The van der Waals surface area contributed by atoms with Crippen molar-refractivity contribution in [2.45, 2.75) is 12.8 Å². The minimum absolute atomic E-state index is 0.156. The number of nitrogen functional groups attached to an aromatic ring is 1. The van der Waals surface area contributed by atoms with Crippen molar-refractivity contribution in [3.05, 3.63) is 96.8 Å². The van der Waals surface area contributed by atoms with E-state index < -0.39 is 0 Å². The third kappa shape index (κ3) is 4.97. The van der Waals surface area contributed by atoms with Gasteiger partial charge in [0.15, 0.2) is 5.65 Å². The SMILES string of the molecule is COc1ccccc1CCC(=O)Nc1c(-c2cccc(Oc3ccccc3)c2)nc2cnc(N)cn12. The number of fused-ring (bicyclic) bond motifs is 1. The van der Waals surface area contributed by atoms with Crippen LogP contribution in [0.15, 0.2) is 91.3 Å². The number of nitrogens with two attached hydrogens (primary N) is 1. The standard InChI is InChI=1S/C28H25N5O3/c1-35-23-13-6-5-8-19(23)14-15-26(34)32-28-27(31-25-17-30-24(29)18-33(25)28)20-9-7-12-22(16-20)36-21-10-3-2-4-11-21/h2-13,16-18H,14-15,29H2,1H3,(H,32,34). The van der Waals surface area contributed by atoms with Gasteiger partial charge in [-0.15, -0.1) is 0 Å². The normalized spacial score (nSPS) is 10.8. The number of nitrogens with one attached hydrogen (secondary N) is 1. The van der Waals surface area contributed by atoms with Crippen LogP contribution >= 0.6 is 0 Å². The molecule has 0 fully saturated rings. The molecule has 0 aliphatic heterocycles. The number of ether oxygens (including phenoxy) is 2. The molecule has 8 heteroatoms. The van der Waals surface area contributed by atoms with E-state index in [1.54, 1.807) is 23.9 Å². The fraction of sp³-hybridized carbons (Fsp3) is 0.107. The number of carbonyl (C=O) groups excluding carboxylic acids is 1. The van der Waals surface area contributed by atoms with Gasteiger partial charge in [0.1, 0.15) is 34.6 Å². The number of benzene rings is 3. The van der Waals surface area contributed by atoms with Crippen LogP contribution in [0.25, 0.3) is 16.9 Å². The molecule has 5 aromatic rings. The molecule has 0 saturated carbocycles. The molecule has 8 nitrogen and oxygen atoms in total. The van der Waals surface area contributed by atoms with Crippen LogP contribution in [0.4, 0.5) is 11.6 Å². The predicted octanol–water partition coefficient (Wildman–Crippen LogP) is 5.35. The maximum absolute atomic E-state index is 13.0. The van der Waals surface area contributed by atoms with Gasteiger partial charge in [-0.05, 0) is 42.3 Å². The molecule has 36 heavy (non-hydrogen) atoms. The molecule has 0 saturated heterocycles. The number of hydrogen-bond donors (Lipinski definition) is 2. The van der Waals surface area contributed by atoms with Crippen molar-refractivity contribution in [1.82, 2.24) is 14.4 Å². The van der Waals surface area contributed by atoms with E-state index in [2.05, 4.69) is 10.3 Å². The van der Waals surface area contributed by atoms with Gasteiger partial charge in [-0.2, -0.15) is 0 Å². The van der Waals surface area contributed by atoms with Crippen molar-refractivity contribution in [1.29, 1.82) is 0 Å². The number of amides is 1. The molecule has 3 aromatic carbocycles. The second kappa shape index (κ2) is 10.2. The van der Waals surface area contributed by atoms with Crippen LogP contribution in [0.5, 0.6) is 17.2 Å². The molecule has 0 bridgehead atoms. The highest BCUT2D eigenvalue weighted by molar-refractivity contribution is 5.95. The summed E-state index contributed by atoms with van der Waals surface area (Å²) in [6.45, 7) is 0. The van der Waals surface area contributed by atoms with E-state index in [9.17, 15) is 4.79 Å². The number of nitrogens with zero attached hydrogens (tertiary/aromatic N) is 3. The summed E-state index contributed by atoms with van der Waals surface area (Å²) in [6.07, 6.45) is 4.02. The summed E-state index contributed by atoms with van der Waals surface area (Å²) in [5.41, 5.74) is 8.84. The zero-order valence-corrected chi connectivity index (χ0v) is 19.7. The summed E-state index contributed by atoms with van der Waals surface area (Å²) >= 11 is 0. The van der Waals surface area contributed by atoms with E-state index in [4.69, 9.17) is 20.2 Å². The third-order valence-corrected chi connectivity index (χ3v) is 5.69. The van der Waals surface area contributed by atoms with Crippen molar-refractivity contribution in [3.8, 4) is 28.5 Å². The van der Waals surface area contributed by atoms with E-state index in [0.717, 1.165) is 22.6 Å². The molecular formula is C28H25N5O3. The number of aryl methyl sites for hydroxylation is 1. The minimum Gasteiger partial charge on any atom is -0.496 e. The van der Waals surface area contributed by atoms with Crippen LogP contribution in [-0.2, 0) is 11.2 Å². The molecule has 0 spiro atoms. The molecule has 2 aromatic heterocycles. The summed E-state index contributed by atoms with van der Waals surface area (Å²) in [6, 6.07) is 24.8. The monoisotopic (exact) mass is 479 g/mol. The summed E-state index contributed by atoms with van der Waals surface area (Å²) in [5, 5.41) is 3.03. The van der Waals surface area contributed by atoms with E-state index in [-0.39, 0.29) is 12.3 Å². The van der Waals surface area contributed by atoms with Gasteiger partial charge >= 0.3 is 0 Å². The van der Waals surface area contributed by atoms with Crippen molar-refractivity contribution < 1.29 is 14.3 Å². The van der Waals surface area contributed by atoms with Gasteiger partial charge in [-0.1, -0.05) is 48.5 Å². The number of methoxy groups -OCH3 is 1. The summed E-state index contributed by atoms with van der Waals surface area (Å²) < 4.78 is 13.1. The minimum atomic E-state index is -0.156. The van der Waals surface area contributed by atoms with Gasteiger partial charge in [0.2, 0.25) is 5.91 Å². The van der Waals surface area contributed by atoms with Crippen molar-refractivity contribution in [2.75, 3.05) is 18.2 Å². The molecule has 1 amide bonds. The molecular weight excluding hydrogens is 454 g/mol. The molecule has 180 valence electrons. The molecule has 2 heterocycles. The Kier molecular flexibility index (Phi) is 6.48. The van der Waals surface area contributed by atoms with Gasteiger partial charge in [-0.3, -0.25) is 9.20 Å². The van der Waals surface area contributed by atoms with E-state index in [0.29, 0.717) is 35.1 Å². The van der Waals surface area contributed by atoms with Gasteiger partial charge in [0.05, 0.1) is 19.5 Å². The fourth-order valence-corrected chi connectivity index (χ4v) is 3.97. The fourth-order valence-electron chi connectivity index (χ4n) is 3.97. The molecule has 0 atom stereocenters. The lowest BCUT2D eigenvalue weighted by Gasteiger charge is -2.11. The Morgan fingerprint density at radius 2 is 1.78 bits per heavy atom. The number of hydrogen-bond acceptors (Lipinski definition) is 6. The summed E-state index contributed by atoms with van der Waals surface area (Å²) in [7, 11) is 1.62. The van der Waals surface area contributed by atoms with Crippen molar-refractivity contribution in [2.24, 2.45) is 0 Å². The lowest BCUT2D eigenvalue weighted by Crippen LogP contribution is -2.15. The molecule has 0 unspecified atom stereocenters. The number of imidazole rings is 1. The quantitative estimate of drug-likeness (QED) is 0.311. The van der Waals surface area contributed by atoms with Crippen LogP contribution in [0.1, 0.15) is 12.0 Å². The zero-order chi connectivity index (χ0) is 24.9. The lowest BCUT2D eigenvalue weighted by molar-refractivity contribution is -0.116. The Hall–Kier alpha value is -4.85. The number of rotatable bonds is 8. The number of carbonyl (C=O) groups is 1. The second-order valence-electron chi connectivity index (χ2n) is 8.15. The molecule has 0 aliphatic rings. The van der Waals surface area contributed by atoms with Gasteiger partial charge in [0.25, 0.3) is 0 Å². The van der Waals surface area contributed by atoms with Crippen molar-refractivity contribution >= 4 is 23.2 Å². The van der Waals surface area contributed by atoms with Gasteiger partial charge in [-0.25, -0.2) is 9.97 Å². The average Bonchev–Trinajstić information content (AvgIpc) is 3.25. The number of anilines is 2. The predicted molar refractivity (Wildman–Crippen MR) is 139 cm³/mol. The lowest BCUT2D eigenvalue weighted by atomic mass is 10.1. The Morgan fingerprint density at radius 1 is 1.00 bits per heavy atom. The maximum Gasteiger partial charge on any atom is 0.225 e. The first-order valence-electron chi connectivity index (χ1n) is 11.5. The molecule has 5 rings (SSSR count). The maximum atomic E-state index is 13.0. The number of para-hydroxylation sites is 2. The first kappa shape index (κ1) is 22.9. The van der Waals surface area contributed by atoms with Crippen LogP contribution < -0.4 is 20.5 Å². The number of aromatic nitrogens is 3. The first-order valence-corrected chi connectivity index (χ1v) is 11.5. The van der Waals surface area contributed by atoms with Crippen molar-refractivity contribution in [3.63, 3.8) is 0 Å². The highest BCUT2D eigenvalue weighted by atomic mass is 16.5. The smallest absolute Gasteiger partial charge is 0.225 e. The average molecular weight is 480 g/mol.